The standard InChI is InChI=1S/C13H12N4O2S/c1-2-3-12-15-16-8-11(14-13(16)20-12)9-4-6-10(7-5-9)17(18)19/h4-8H,2-3H2,1H3. The molecule has 3 rings (SSSR count). The molecule has 0 aliphatic rings. The van der Waals surface area contributed by atoms with Crippen LogP contribution in [0.3, 0.4) is 0 Å². The number of nitrogens with zero attached hydrogens (tertiary/aromatic N) is 4. The van der Waals surface area contributed by atoms with Crippen molar-refractivity contribution >= 4 is 22.0 Å². The van der Waals surface area contributed by atoms with Crippen LogP contribution in [-0.2, 0) is 6.42 Å². The van der Waals surface area contributed by atoms with Gasteiger partial charge in [-0.25, -0.2) is 9.50 Å². The summed E-state index contributed by atoms with van der Waals surface area (Å²) in [6.45, 7) is 2.12. The molecule has 7 heteroatoms. The lowest BCUT2D eigenvalue weighted by molar-refractivity contribution is -0.384. The largest absolute Gasteiger partial charge is 0.269 e. The van der Waals surface area contributed by atoms with Gasteiger partial charge in [0.1, 0.15) is 5.01 Å². The van der Waals surface area contributed by atoms with E-state index in [0.29, 0.717) is 0 Å². The van der Waals surface area contributed by atoms with Crippen LogP contribution in [0.25, 0.3) is 16.2 Å². The molecule has 1 aromatic carbocycles. The summed E-state index contributed by atoms with van der Waals surface area (Å²) in [6.07, 6.45) is 3.87. The molecule has 3 aromatic rings. The number of benzene rings is 1. The third-order valence-corrected chi connectivity index (χ3v) is 3.91. The van der Waals surface area contributed by atoms with Crippen LogP contribution in [0.4, 0.5) is 5.69 Å². The lowest BCUT2D eigenvalue weighted by Crippen LogP contribution is -1.87. The Bertz CT molecular complexity index is 729. The molecule has 6 nitrogen and oxygen atoms in total. The van der Waals surface area contributed by atoms with E-state index in [1.807, 2.05) is 6.20 Å². The lowest BCUT2D eigenvalue weighted by atomic mass is 10.1. The van der Waals surface area contributed by atoms with Crippen LogP contribution in [0.5, 0.6) is 0 Å². The maximum Gasteiger partial charge on any atom is 0.269 e. The van der Waals surface area contributed by atoms with Crippen molar-refractivity contribution < 1.29 is 4.92 Å². The third kappa shape index (κ3) is 2.27. The summed E-state index contributed by atoms with van der Waals surface area (Å²) in [5.41, 5.74) is 1.71. The van der Waals surface area contributed by atoms with Crippen molar-refractivity contribution in [2.45, 2.75) is 19.8 Å². The summed E-state index contributed by atoms with van der Waals surface area (Å²) in [4.78, 5) is 15.6. The van der Waals surface area contributed by atoms with Gasteiger partial charge in [0.15, 0.2) is 0 Å². The molecule has 102 valence electrons. The Hall–Kier alpha value is -2.28. The number of nitro groups is 1. The predicted octanol–water partition coefficient (Wildman–Crippen LogP) is 3.32. The van der Waals surface area contributed by atoms with E-state index < -0.39 is 4.92 Å². The fourth-order valence-corrected chi connectivity index (χ4v) is 2.93. The highest BCUT2D eigenvalue weighted by Crippen LogP contribution is 2.24. The van der Waals surface area contributed by atoms with E-state index >= 15 is 0 Å². The van der Waals surface area contributed by atoms with Gasteiger partial charge in [-0.05, 0) is 18.6 Å². The fraction of sp³-hybridized carbons (Fsp3) is 0.231. The maximum atomic E-state index is 10.6. The first-order valence-corrected chi connectivity index (χ1v) is 7.09. The number of aromatic nitrogens is 3. The molecule has 0 radical (unpaired) electrons. The van der Waals surface area contributed by atoms with Crippen LogP contribution in [0.15, 0.2) is 30.5 Å². The van der Waals surface area contributed by atoms with Crippen molar-refractivity contribution in [3.8, 4) is 11.3 Å². The van der Waals surface area contributed by atoms with Gasteiger partial charge in [0, 0.05) is 24.1 Å². The monoisotopic (exact) mass is 288 g/mol. The van der Waals surface area contributed by atoms with Gasteiger partial charge in [-0.3, -0.25) is 10.1 Å². The molecule has 0 amide bonds. The van der Waals surface area contributed by atoms with Gasteiger partial charge in [-0.15, -0.1) is 0 Å². The van der Waals surface area contributed by atoms with Gasteiger partial charge in [0.2, 0.25) is 4.96 Å². The molecule has 0 spiro atoms. The molecule has 0 fully saturated rings. The minimum absolute atomic E-state index is 0.0816. The van der Waals surface area contributed by atoms with Crippen molar-refractivity contribution in [3.05, 3.63) is 45.6 Å². The molecule has 0 aliphatic carbocycles. The Balaban J connectivity index is 1.93. The summed E-state index contributed by atoms with van der Waals surface area (Å²) in [5, 5.41) is 16.2. The van der Waals surface area contributed by atoms with E-state index in [9.17, 15) is 10.1 Å². The van der Waals surface area contributed by atoms with E-state index in [4.69, 9.17) is 0 Å². The molecule has 20 heavy (non-hydrogen) atoms. The van der Waals surface area contributed by atoms with E-state index in [0.717, 1.165) is 34.1 Å². The first-order chi connectivity index (χ1) is 9.67. The molecule has 0 bridgehead atoms. The number of imidazole rings is 1. The van der Waals surface area contributed by atoms with Crippen molar-refractivity contribution in [1.29, 1.82) is 0 Å². The highest BCUT2D eigenvalue weighted by molar-refractivity contribution is 7.16. The normalized spacial score (nSPS) is 11.1. The quantitative estimate of drug-likeness (QED) is 0.545. The van der Waals surface area contributed by atoms with Crippen LogP contribution in [0.1, 0.15) is 18.4 Å². The average molecular weight is 288 g/mol. The Kier molecular flexibility index (Phi) is 3.19. The van der Waals surface area contributed by atoms with Crippen LogP contribution >= 0.6 is 11.3 Å². The highest BCUT2D eigenvalue weighted by atomic mass is 32.1. The van der Waals surface area contributed by atoms with Gasteiger partial charge in [0.05, 0.1) is 16.8 Å². The SMILES string of the molecule is CCCc1nn2cc(-c3ccc([N+](=O)[O-])cc3)nc2s1. The average Bonchev–Trinajstić information content (AvgIpc) is 2.97. The van der Waals surface area contributed by atoms with Crippen LogP contribution in [0, 0.1) is 10.1 Å². The molecule has 0 unspecified atom stereocenters. The molecule has 0 N–H and O–H groups in total. The second kappa shape index (κ2) is 5.01. The van der Waals surface area contributed by atoms with Crippen LogP contribution in [0.2, 0.25) is 0 Å². The van der Waals surface area contributed by atoms with Gasteiger partial charge in [0.25, 0.3) is 5.69 Å². The Morgan fingerprint density at radius 2 is 2.10 bits per heavy atom. The number of hydrogen-bond acceptors (Lipinski definition) is 5. The summed E-state index contributed by atoms with van der Waals surface area (Å²) >= 11 is 1.58. The number of fused-ring (bicyclic) bond motifs is 1. The van der Waals surface area contributed by atoms with Crippen molar-refractivity contribution in [2.75, 3.05) is 0 Å². The number of aryl methyl sites for hydroxylation is 1. The van der Waals surface area contributed by atoms with Crippen molar-refractivity contribution in [2.24, 2.45) is 0 Å². The second-order valence-electron chi connectivity index (χ2n) is 4.40. The lowest BCUT2D eigenvalue weighted by Gasteiger charge is -1.95. The number of nitro benzene ring substituents is 1. The van der Waals surface area contributed by atoms with Gasteiger partial charge in [-0.1, -0.05) is 18.3 Å². The Morgan fingerprint density at radius 1 is 1.35 bits per heavy atom. The van der Waals surface area contributed by atoms with E-state index in [1.54, 1.807) is 28.0 Å². The molecule has 0 aliphatic heterocycles. The summed E-state index contributed by atoms with van der Waals surface area (Å²) in [6, 6.07) is 6.38. The van der Waals surface area contributed by atoms with Gasteiger partial charge >= 0.3 is 0 Å². The van der Waals surface area contributed by atoms with Gasteiger partial charge in [-0.2, -0.15) is 5.10 Å². The number of non-ortho nitro benzene ring substituents is 1. The van der Waals surface area contributed by atoms with E-state index in [1.165, 1.54) is 12.1 Å². The predicted molar refractivity (Wildman–Crippen MR) is 76.9 cm³/mol. The van der Waals surface area contributed by atoms with Crippen LogP contribution < -0.4 is 0 Å². The zero-order chi connectivity index (χ0) is 14.1. The van der Waals surface area contributed by atoms with Crippen LogP contribution in [-0.4, -0.2) is 19.5 Å². The van der Waals surface area contributed by atoms with Crippen molar-refractivity contribution in [3.63, 3.8) is 0 Å². The molecule has 0 saturated carbocycles. The minimum Gasteiger partial charge on any atom is -0.258 e. The van der Waals surface area contributed by atoms with E-state index in [-0.39, 0.29) is 5.69 Å². The highest BCUT2D eigenvalue weighted by Gasteiger charge is 2.11. The number of rotatable bonds is 4. The van der Waals surface area contributed by atoms with Crippen molar-refractivity contribution in [1.82, 2.24) is 14.6 Å². The first-order valence-electron chi connectivity index (χ1n) is 6.27. The molecule has 2 aromatic heterocycles. The third-order valence-electron chi connectivity index (χ3n) is 2.92. The Labute approximate surface area is 118 Å². The summed E-state index contributed by atoms with van der Waals surface area (Å²) < 4.78 is 1.77. The zero-order valence-corrected chi connectivity index (χ0v) is 11.6. The molecule has 0 atom stereocenters. The smallest absolute Gasteiger partial charge is 0.258 e. The minimum atomic E-state index is -0.409. The summed E-state index contributed by atoms with van der Waals surface area (Å²) in [7, 11) is 0. The Morgan fingerprint density at radius 3 is 2.70 bits per heavy atom. The zero-order valence-electron chi connectivity index (χ0n) is 10.8. The number of hydrogen-bond donors (Lipinski definition) is 0. The molecular weight excluding hydrogens is 276 g/mol. The van der Waals surface area contributed by atoms with E-state index in [2.05, 4.69) is 17.0 Å². The fourth-order valence-electron chi connectivity index (χ4n) is 1.95. The first kappa shape index (κ1) is 12.7. The van der Waals surface area contributed by atoms with Gasteiger partial charge < -0.3 is 0 Å². The molecule has 0 saturated heterocycles. The summed E-state index contributed by atoms with van der Waals surface area (Å²) in [5.74, 6) is 0. The topological polar surface area (TPSA) is 73.3 Å². The maximum absolute atomic E-state index is 10.6. The second-order valence-corrected chi connectivity index (χ2v) is 5.44. The molecule has 2 heterocycles. The molecular formula is C13H12N4O2S.